The minimum absolute atomic E-state index is 0.0414. The van der Waals surface area contributed by atoms with Gasteiger partial charge in [0.1, 0.15) is 11.6 Å². The zero-order chi connectivity index (χ0) is 18.6. The van der Waals surface area contributed by atoms with Crippen LogP contribution in [0.15, 0.2) is 54.2 Å². The Labute approximate surface area is 154 Å². The summed E-state index contributed by atoms with van der Waals surface area (Å²) < 4.78 is 10.6. The summed E-state index contributed by atoms with van der Waals surface area (Å²) in [5.74, 6) is 0.840. The molecule has 0 fully saturated rings. The van der Waals surface area contributed by atoms with Crippen molar-refractivity contribution < 1.29 is 14.3 Å². The van der Waals surface area contributed by atoms with Gasteiger partial charge in [0, 0.05) is 6.54 Å². The number of para-hydroxylation sites is 2. The van der Waals surface area contributed by atoms with E-state index in [2.05, 4.69) is 15.3 Å². The van der Waals surface area contributed by atoms with Gasteiger partial charge in [-0.25, -0.2) is 4.98 Å². The lowest BCUT2D eigenvalue weighted by molar-refractivity contribution is -0.117. The molecule has 132 valence electrons. The van der Waals surface area contributed by atoms with E-state index < -0.39 is 5.91 Å². The fraction of sp³-hybridized carbons (Fsp3) is 0.100. The highest BCUT2D eigenvalue weighted by Gasteiger charge is 2.14. The maximum atomic E-state index is 12.3. The first-order chi connectivity index (χ1) is 13.2. The summed E-state index contributed by atoms with van der Waals surface area (Å²) in [5, 5.41) is 12.1. The second kappa shape index (κ2) is 7.14. The maximum Gasteiger partial charge on any atom is 0.262 e. The summed E-state index contributed by atoms with van der Waals surface area (Å²) in [4.78, 5) is 21.0. The highest BCUT2D eigenvalue weighted by atomic mass is 16.7. The number of aromatic nitrogens is 2. The number of hydrogen-bond acceptors (Lipinski definition) is 6. The van der Waals surface area contributed by atoms with E-state index in [1.807, 2.05) is 36.4 Å². The molecule has 4 rings (SSSR count). The lowest BCUT2D eigenvalue weighted by Gasteiger charge is -2.06. The fourth-order valence-corrected chi connectivity index (χ4v) is 2.67. The van der Waals surface area contributed by atoms with E-state index in [4.69, 9.17) is 9.47 Å². The Morgan fingerprint density at radius 3 is 2.85 bits per heavy atom. The first-order valence-electron chi connectivity index (χ1n) is 8.23. The summed E-state index contributed by atoms with van der Waals surface area (Å²) in [6, 6.07) is 14.7. The van der Waals surface area contributed by atoms with Crippen LogP contribution in [-0.4, -0.2) is 22.7 Å². The van der Waals surface area contributed by atoms with Gasteiger partial charge in [0.25, 0.3) is 5.91 Å². The van der Waals surface area contributed by atoms with Crippen molar-refractivity contribution >= 4 is 23.0 Å². The van der Waals surface area contributed by atoms with Crippen LogP contribution in [0.2, 0.25) is 0 Å². The molecule has 1 aromatic heterocycles. The van der Waals surface area contributed by atoms with E-state index in [0.29, 0.717) is 22.7 Å². The number of nitrogens with one attached hydrogen (secondary N) is 1. The lowest BCUT2D eigenvalue weighted by Crippen LogP contribution is -2.24. The molecule has 0 spiro atoms. The first kappa shape index (κ1) is 16.5. The van der Waals surface area contributed by atoms with Crippen LogP contribution in [0.3, 0.4) is 0 Å². The van der Waals surface area contributed by atoms with E-state index in [0.717, 1.165) is 11.1 Å². The topological polar surface area (TPSA) is 97.1 Å². The predicted molar refractivity (Wildman–Crippen MR) is 97.5 cm³/mol. The Kier molecular flexibility index (Phi) is 4.37. The number of carbonyl (C=O) groups is 1. The van der Waals surface area contributed by atoms with Crippen molar-refractivity contribution in [2.75, 3.05) is 6.79 Å². The minimum atomic E-state index is -0.481. The average Bonchev–Trinajstić information content (AvgIpc) is 3.18. The number of nitriles is 1. The number of benzene rings is 2. The first-order valence-corrected chi connectivity index (χ1v) is 8.23. The van der Waals surface area contributed by atoms with Crippen LogP contribution in [0, 0.1) is 11.3 Å². The van der Waals surface area contributed by atoms with Gasteiger partial charge < -0.3 is 14.8 Å². The molecule has 1 aliphatic heterocycles. The number of amides is 1. The van der Waals surface area contributed by atoms with Crippen LogP contribution in [0.5, 0.6) is 11.5 Å². The van der Waals surface area contributed by atoms with Gasteiger partial charge in [-0.15, -0.1) is 0 Å². The van der Waals surface area contributed by atoms with Gasteiger partial charge in [0.05, 0.1) is 22.9 Å². The molecule has 2 aromatic carbocycles. The highest BCUT2D eigenvalue weighted by Crippen LogP contribution is 2.32. The summed E-state index contributed by atoms with van der Waals surface area (Å²) in [6.07, 6.45) is 2.96. The number of rotatable bonds is 4. The number of nitrogens with zero attached hydrogens (tertiary/aromatic N) is 3. The zero-order valence-electron chi connectivity index (χ0n) is 14.2. The van der Waals surface area contributed by atoms with Gasteiger partial charge in [-0.05, 0) is 35.9 Å². The molecule has 0 radical (unpaired) electrons. The Morgan fingerprint density at radius 2 is 2.00 bits per heavy atom. The molecule has 0 bridgehead atoms. The van der Waals surface area contributed by atoms with Crippen molar-refractivity contribution in [1.29, 1.82) is 5.26 Å². The summed E-state index contributed by atoms with van der Waals surface area (Å²) >= 11 is 0. The number of carbonyl (C=O) groups excluding carboxylic acids is 1. The number of ether oxygens (including phenoxy) is 2. The molecule has 1 aliphatic rings. The summed E-state index contributed by atoms with van der Waals surface area (Å²) in [5.41, 5.74) is 2.70. The predicted octanol–water partition coefficient (Wildman–Crippen LogP) is 2.58. The molecule has 0 saturated heterocycles. The van der Waals surface area contributed by atoms with Crippen molar-refractivity contribution in [3.63, 3.8) is 0 Å². The van der Waals surface area contributed by atoms with Crippen molar-refractivity contribution in [3.8, 4) is 17.6 Å². The molecule has 0 atom stereocenters. The SMILES string of the molecule is N#C/C(=C\c1cnc2ccccc2n1)C(=O)NCc1ccc2c(c1)OCO2. The van der Waals surface area contributed by atoms with Crippen molar-refractivity contribution in [2.24, 2.45) is 0 Å². The molecule has 2 heterocycles. The Morgan fingerprint density at radius 1 is 1.19 bits per heavy atom. The van der Waals surface area contributed by atoms with Crippen LogP contribution in [0.25, 0.3) is 17.1 Å². The molecule has 7 heteroatoms. The van der Waals surface area contributed by atoms with Gasteiger partial charge in [-0.2, -0.15) is 5.26 Å². The highest BCUT2D eigenvalue weighted by molar-refractivity contribution is 6.01. The van der Waals surface area contributed by atoms with Crippen LogP contribution in [-0.2, 0) is 11.3 Å². The molecule has 27 heavy (non-hydrogen) atoms. The third-order valence-electron chi connectivity index (χ3n) is 4.01. The van der Waals surface area contributed by atoms with E-state index in [9.17, 15) is 10.1 Å². The third kappa shape index (κ3) is 3.55. The van der Waals surface area contributed by atoms with Gasteiger partial charge in [0.15, 0.2) is 11.5 Å². The number of fused-ring (bicyclic) bond motifs is 2. The number of hydrogen-bond donors (Lipinski definition) is 1. The Bertz CT molecular complexity index is 1100. The van der Waals surface area contributed by atoms with Crippen LogP contribution in [0.4, 0.5) is 0 Å². The summed E-state index contributed by atoms with van der Waals surface area (Å²) in [6.45, 7) is 0.456. The minimum Gasteiger partial charge on any atom is -0.454 e. The lowest BCUT2D eigenvalue weighted by atomic mass is 10.2. The molecular formula is C20H14N4O3. The van der Waals surface area contributed by atoms with E-state index in [-0.39, 0.29) is 18.9 Å². The Hall–Kier alpha value is -3.92. The smallest absolute Gasteiger partial charge is 0.262 e. The van der Waals surface area contributed by atoms with E-state index in [1.54, 1.807) is 12.1 Å². The van der Waals surface area contributed by atoms with Gasteiger partial charge in [-0.3, -0.25) is 9.78 Å². The monoisotopic (exact) mass is 358 g/mol. The van der Waals surface area contributed by atoms with Crippen molar-refractivity contribution in [3.05, 3.63) is 65.5 Å². The molecular weight excluding hydrogens is 344 g/mol. The van der Waals surface area contributed by atoms with Crippen LogP contribution in [0.1, 0.15) is 11.3 Å². The second-order valence-corrected chi connectivity index (χ2v) is 5.82. The van der Waals surface area contributed by atoms with Crippen molar-refractivity contribution in [1.82, 2.24) is 15.3 Å². The third-order valence-corrected chi connectivity index (χ3v) is 4.01. The van der Waals surface area contributed by atoms with Gasteiger partial charge in [0.2, 0.25) is 6.79 Å². The van der Waals surface area contributed by atoms with Gasteiger partial charge >= 0.3 is 0 Å². The van der Waals surface area contributed by atoms with Gasteiger partial charge in [-0.1, -0.05) is 18.2 Å². The average molecular weight is 358 g/mol. The molecule has 1 amide bonds. The van der Waals surface area contributed by atoms with Crippen molar-refractivity contribution in [2.45, 2.75) is 6.54 Å². The van der Waals surface area contributed by atoms with Crippen LogP contribution >= 0.6 is 0 Å². The molecule has 7 nitrogen and oxygen atoms in total. The molecule has 1 N–H and O–H groups in total. The largest absolute Gasteiger partial charge is 0.454 e. The molecule has 0 aliphatic carbocycles. The maximum absolute atomic E-state index is 12.3. The normalized spacial score (nSPS) is 12.6. The Balaban J connectivity index is 1.48. The molecule has 0 unspecified atom stereocenters. The second-order valence-electron chi connectivity index (χ2n) is 5.82. The standard InChI is InChI=1S/C20H14N4O3/c21-9-14(8-15-11-22-16-3-1-2-4-17(16)24-15)20(25)23-10-13-5-6-18-19(7-13)27-12-26-18/h1-8,11H,10,12H2,(H,23,25)/b14-8+. The zero-order valence-corrected chi connectivity index (χ0v) is 14.2. The van der Waals surface area contributed by atoms with E-state index >= 15 is 0 Å². The van der Waals surface area contributed by atoms with Crippen LogP contribution < -0.4 is 14.8 Å². The van der Waals surface area contributed by atoms with E-state index in [1.165, 1.54) is 12.3 Å². The molecule has 3 aromatic rings. The fourth-order valence-electron chi connectivity index (χ4n) is 2.67. The quantitative estimate of drug-likeness (QED) is 0.569. The molecule has 0 saturated carbocycles. The summed E-state index contributed by atoms with van der Waals surface area (Å²) in [7, 11) is 0.